The minimum Gasteiger partial charge on any atom is -0.385 e. The van der Waals surface area contributed by atoms with Gasteiger partial charge >= 0.3 is 0 Å². The lowest BCUT2D eigenvalue weighted by atomic mass is 10.2. The molecule has 0 saturated heterocycles. The summed E-state index contributed by atoms with van der Waals surface area (Å²) in [5.41, 5.74) is 6.68. The molecule has 0 aliphatic rings. The average molecular weight is 234 g/mol. The maximum absolute atomic E-state index is 5.45. The summed E-state index contributed by atoms with van der Waals surface area (Å²) in [6.45, 7) is 1.85. The Morgan fingerprint density at radius 2 is 2.06 bits per heavy atom. The summed E-state index contributed by atoms with van der Waals surface area (Å²) in [6.07, 6.45) is 3.54. The highest BCUT2D eigenvalue weighted by Crippen LogP contribution is 2.24. The molecule has 1 aromatic heterocycles. The number of rotatable bonds is 6. The number of fused-ring (bicyclic) bond motifs is 1. The fraction of sp³-hybridized carbons (Fsp3) is 0.385. The third kappa shape index (κ3) is 2.97. The van der Waals surface area contributed by atoms with Crippen molar-refractivity contribution >= 4 is 27.1 Å². The first-order valence-corrected chi connectivity index (χ1v) is 6.69. The molecule has 0 fully saturated rings. The van der Waals surface area contributed by atoms with Crippen LogP contribution < -0.4 is 11.1 Å². The molecule has 86 valence electrons. The van der Waals surface area contributed by atoms with Gasteiger partial charge in [0.05, 0.1) is 0 Å². The van der Waals surface area contributed by atoms with Crippen LogP contribution in [0.5, 0.6) is 0 Å². The van der Waals surface area contributed by atoms with Gasteiger partial charge in [0.15, 0.2) is 0 Å². The van der Waals surface area contributed by atoms with Crippen LogP contribution in [-0.4, -0.2) is 13.1 Å². The van der Waals surface area contributed by atoms with Gasteiger partial charge in [0.25, 0.3) is 0 Å². The van der Waals surface area contributed by atoms with Gasteiger partial charge in [-0.15, -0.1) is 11.3 Å². The Balaban J connectivity index is 1.84. The van der Waals surface area contributed by atoms with Crippen LogP contribution in [0.1, 0.15) is 19.3 Å². The second-order valence-electron chi connectivity index (χ2n) is 3.95. The molecule has 0 spiro atoms. The van der Waals surface area contributed by atoms with E-state index in [1.165, 1.54) is 28.6 Å². The average Bonchev–Trinajstić information content (AvgIpc) is 2.76. The Kier molecular flexibility index (Phi) is 4.19. The molecule has 1 aromatic carbocycles. The van der Waals surface area contributed by atoms with Crippen molar-refractivity contribution in [1.82, 2.24) is 0 Å². The molecule has 2 nitrogen and oxygen atoms in total. The summed E-state index contributed by atoms with van der Waals surface area (Å²) in [6, 6.07) is 8.71. The van der Waals surface area contributed by atoms with Crippen LogP contribution in [0, 0.1) is 0 Å². The molecular formula is C13H18N2S. The molecule has 16 heavy (non-hydrogen) atoms. The number of hydrogen-bond acceptors (Lipinski definition) is 3. The third-order valence-electron chi connectivity index (χ3n) is 2.67. The van der Waals surface area contributed by atoms with Crippen molar-refractivity contribution in [2.24, 2.45) is 5.73 Å². The smallest absolute Gasteiger partial charge is 0.0363 e. The van der Waals surface area contributed by atoms with Gasteiger partial charge in [-0.05, 0) is 48.4 Å². The fourth-order valence-corrected chi connectivity index (χ4v) is 2.57. The highest BCUT2D eigenvalue weighted by Gasteiger charge is 1.96. The molecule has 0 atom stereocenters. The van der Waals surface area contributed by atoms with Crippen molar-refractivity contribution in [3.8, 4) is 0 Å². The standard InChI is InChI=1S/C13H18N2S/c14-7-2-1-3-8-15-12-5-4-11-6-9-16-13(11)10-12/h4-6,9-10,15H,1-3,7-8,14H2. The van der Waals surface area contributed by atoms with E-state index >= 15 is 0 Å². The van der Waals surface area contributed by atoms with Crippen molar-refractivity contribution < 1.29 is 0 Å². The number of thiophene rings is 1. The number of hydrogen-bond donors (Lipinski definition) is 2. The minimum absolute atomic E-state index is 0.807. The second kappa shape index (κ2) is 5.87. The van der Waals surface area contributed by atoms with Crippen molar-refractivity contribution in [3.05, 3.63) is 29.6 Å². The Morgan fingerprint density at radius 3 is 2.94 bits per heavy atom. The summed E-state index contributed by atoms with van der Waals surface area (Å²) >= 11 is 1.79. The zero-order valence-corrected chi connectivity index (χ0v) is 10.2. The first kappa shape index (κ1) is 11.4. The topological polar surface area (TPSA) is 38.0 Å². The van der Waals surface area contributed by atoms with Crippen molar-refractivity contribution in [2.45, 2.75) is 19.3 Å². The molecule has 0 amide bonds. The van der Waals surface area contributed by atoms with Crippen LogP contribution in [0.25, 0.3) is 10.1 Å². The van der Waals surface area contributed by atoms with Crippen LogP contribution in [0.15, 0.2) is 29.6 Å². The SMILES string of the molecule is NCCCCCNc1ccc2ccsc2c1. The highest BCUT2D eigenvalue weighted by atomic mass is 32.1. The van der Waals surface area contributed by atoms with Crippen molar-refractivity contribution in [3.63, 3.8) is 0 Å². The van der Waals surface area contributed by atoms with E-state index in [4.69, 9.17) is 5.73 Å². The van der Waals surface area contributed by atoms with Crippen LogP contribution in [-0.2, 0) is 0 Å². The molecular weight excluding hydrogens is 216 g/mol. The summed E-state index contributed by atoms with van der Waals surface area (Å²) in [4.78, 5) is 0. The van der Waals surface area contributed by atoms with Gasteiger partial charge in [-0.3, -0.25) is 0 Å². The van der Waals surface area contributed by atoms with E-state index < -0.39 is 0 Å². The van der Waals surface area contributed by atoms with Crippen molar-refractivity contribution in [1.29, 1.82) is 0 Å². The number of nitrogens with two attached hydrogens (primary N) is 1. The maximum atomic E-state index is 5.45. The normalized spacial score (nSPS) is 10.8. The lowest BCUT2D eigenvalue weighted by Gasteiger charge is -2.05. The van der Waals surface area contributed by atoms with E-state index in [1.807, 2.05) is 0 Å². The Morgan fingerprint density at radius 1 is 1.12 bits per heavy atom. The van der Waals surface area contributed by atoms with Gasteiger partial charge in [0.1, 0.15) is 0 Å². The monoisotopic (exact) mass is 234 g/mol. The van der Waals surface area contributed by atoms with E-state index in [9.17, 15) is 0 Å². The molecule has 0 radical (unpaired) electrons. The molecule has 0 saturated carbocycles. The number of benzene rings is 1. The Labute approximate surface area is 100 Å². The van der Waals surface area contributed by atoms with E-state index in [2.05, 4.69) is 35.0 Å². The molecule has 2 rings (SSSR count). The van der Waals surface area contributed by atoms with Gasteiger partial charge in [0, 0.05) is 16.9 Å². The summed E-state index contributed by atoms with van der Waals surface area (Å²) in [7, 11) is 0. The van der Waals surface area contributed by atoms with E-state index in [1.54, 1.807) is 11.3 Å². The first-order valence-electron chi connectivity index (χ1n) is 5.81. The lowest BCUT2D eigenvalue weighted by molar-refractivity contribution is 0.707. The molecule has 3 heteroatoms. The first-order chi connectivity index (χ1) is 7.90. The second-order valence-corrected chi connectivity index (χ2v) is 4.90. The van der Waals surface area contributed by atoms with Crippen molar-refractivity contribution in [2.75, 3.05) is 18.4 Å². The van der Waals surface area contributed by atoms with Crippen LogP contribution >= 0.6 is 11.3 Å². The van der Waals surface area contributed by atoms with Crippen LogP contribution in [0.3, 0.4) is 0 Å². The Hall–Kier alpha value is -1.06. The summed E-state index contributed by atoms with van der Waals surface area (Å²) < 4.78 is 1.35. The maximum Gasteiger partial charge on any atom is 0.0363 e. The summed E-state index contributed by atoms with van der Waals surface area (Å²) in [5, 5.41) is 6.92. The van der Waals surface area contributed by atoms with E-state index in [-0.39, 0.29) is 0 Å². The molecule has 0 bridgehead atoms. The van der Waals surface area contributed by atoms with Gasteiger partial charge in [-0.2, -0.15) is 0 Å². The summed E-state index contributed by atoms with van der Waals surface area (Å²) in [5.74, 6) is 0. The molecule has 1 heterocycles. The largest absolute Gasteiger partial charge is 0.385 e. The molecule has 0 aliphatic carbocycles. The number of nitrogens with one attached hydrogen (secondary N) is 1. The lowest BCUT2D eigenvalue weighted by Crippen LogP contribution is -2.03. The molecule has 2 aromatic rings. The fourth-order valence-electron chi connectivity index (χ4n) is 1.74. The molecule has 0 aliphatic heterocycles. The van der Waals surface area contributed by atoms with E-state index in [0.717, 1.165) is 19.5 Å². The molecule has 0 unspecified atom stereocenters. The Bertz CT molecular complexity index is 436. The van der Waals surface area contributed by atoms with Gasteiger partial charge in [0.2, 0.25) is 0 Å². The van der Waals surface area contributed by atoms with Gasteiger partial charge in [-0.1, -0.05) is 12.5 Å². The number of anilines is 1. The zero-order valence-electron chi connectivity index (χ0n) is 9.41. The van der Waals surface area contributed by atoms with E-state index in [0.29, 0.717) is 0 Å². The highest BCUT2D eigenvalue weighted by molar-refractivity contribution is 7.17. The zero-order chi connectivity index (χ0) is 11.2. The van der Waals surface area contributed by atoms with Gasteiger partial charge in [-0.25, -0.2) is 0 Å². The van der Waals surface area contributed by atoms with Crippen LogP contribution in [0.4, 0.5) is 5.69 Å². The van der Waals surface area contributed by atoms with Crippen LogP contribution in [0.2, 0.25) is 0 Å². The quantitative estimate of drug-likeness (QED) is 0.751. The predicted molar refractivity (Wildman–Crippen MR) is 73.2 cm³/mol. The van der Waals surface area contributed by atoms with Gasteiger partial charge < -0.3 is 11.1 Å². The number of unbranched alkanes of at least 4 members (excludes halogenated alkanes) is 2. The third-order valence-corrected chi connectivity index (χ3v) is 3.55. The minimum atomic E-state index is 0.807. The predicted octanol–water partition coefficient (Wildman–Crippen LogP) is 3.44. The molecule has 3 N–H and O–H groups in total.